The smallest absolute Gasteiger partial charge is 0.293 e. The average molecular weight is 372 g/mol. The number of likely N-dealkylation sites (N-methyl/N-ethyl adjacent to an activating group) is 1. The SMILES string of the molecule is CCN(CC)[C@@H](CNc1ccc(S(N)(=O)=O)cc1[N+](=O)[O-])CC(C)C. The molecule has 0 bridgehead atoms. The number of nitrogens with two attached hydrogens (primary N) is 1. The van der Waals surface area contributed by atoms with E-state index in [1.165, 1.54) is 12.1 Å². The summed E-state index contributed by atoms with van der Waals surface area (Å²) in [5.41, 5.74) is -0.00678. The van der Waals surface area contributed by atoms with Gasteiger partial charge in [0.15, 0.2) is 0 Å². The van der Waals surface area contributed by atoms with Crippen LogP contribution in [0.3, 0.4) is 0 Å². The number of nitrogens with one attached hydrogen (secondary N) is 1. The van der Waals surface area contributed by atoms with Crippen LogP contribution in [0.5, 0.6) is 0 Å². The summed E-state index contributed by atoms with van der Waals surface area (Å²) in [4.78, 5) is 12.7. The van der Waals surface area contributed by atoms with E-state index in [0.29, 0.717) is 18.2 Å². The van der Waals surface area contributed by atoms with Crippen molar-refractivity contribution in [2.45, 2.75) is 45.1 Å². The highest BCUT2D eigenvalue weighted by Crippen LogP contribution is 2.27. The molecule has 9 heteroatoms. The predicted octanol–water partition coefficient (Wildman–Crippen LogP) is 2.41. The molecule has 0 spiro atoms. The van der Waals surface area contributed by atoms with E-state index in [9.17, 15) is 18.5 Å². The molecule has 0 aromatic heterocycles. The first kappa shape index (κ1) is 21.3. The van der Waals surface area contributed by atoms with Crippen LogP contribution in [0, 0.1) is 16.0 Å². The third-order valence-corrected chi connectivity index (χ3v) is 5.01. The first-order valence-corrected chi connectivity index (χ1v) is 9.93. The molecule has 8 nitrogen and oxygen atoms in total. The molecule has 0 aliphatic carbocycles. The van der Waals surface area contributed by atoms with Gasteiger partial charge < -0.3 is 5.32 Å². The number of nitro groups is 1. The van der Waals surface area contributed by atoms with Gasteiger partial charge in [0, 0.05) is 18.7 Å². The zero-order chi connectivity index (χ0) is 19.2. The highest BCUT2D eigenvalue weighted by Gasteiger charge is 2.21. The van der Waals surface area contributed by atoms with Crippen molar-refractivity contribution >= 4 is 21.4 Å². The number of nitrogens with zero attached hydrogens (tertiary/aromatic N) is 2. The Balaban J connectivity index is 3.05. The Hall–Kier alpha value is -1.71. The summed E-state index contributed by atoms with van der Waals surface area (Å²) in [6, 6.07) is 3.89. The lowest BCUT2D eigenvalue weighted by molar-refractivity contribution is -0.384. The van der Waals surface area contributed by atoms with E-state index in [1.54, 1.807) is 0 Å². The minimum absolute atomic E-state index is 0.229. The van der Waals surface area contributed by atoms with Crippen molar-refractivity contribution in [1.29, 1.82) is 0 Å². The second-order valence-corrected chi connectivity index (χ2v) is 7.93. The zero-order valence-corrected chi connectivity index (χ0v) is 16.0. The van der Waals surface area contributed by atoms with Gasteiger partial charge in [0.1, 0.15) is 5.69 Å². The molecule has 0 aliphatic heterocycles. The van der Waals surface area contributed by atoms with E-state index in [2.05, 4.69) is 37.9 Å². The van der Waals surface area contributed by atoms with Gasteiger partial charge in [0.2, 0.25) is 10.0 Å². The van der Waals surface area contributed by atoms with E-state index in [1.807, 2.05) is 0 Å². The molecule has 1 aromatic rings. The van der Waals surface area contributed by atoms with Gasteiger partial charge in [-0.05, 0) is 37.6 Å². The lowest BCUT2D eigenvalue weighted by Crippen LogP contribution is -2.40. The van der Waals surface area contributed by atoms with Gasteiger partial charge in [0.25, 0.3) is 5.69 Å². The standard InChI is InChI=1S/C16H28N4O4S/c1-5-19(6-2)13(9-12(3)4)11-18-15-8-7-14(25(17,23)24)10-16(15)20(21)22/h7-8,10,12-13,18H,5-6,9,11H2,1-4H3,(H2,17,23,24)/t13-/m1/s1. The van der Waals surface area contributed by atoms with Crippen molar-refractivity contribution < 1.29 is 13.3 Å². The van der Waals surface area contributed by atoms with Gasteiger partial charge in [-0.2, -0.15) is 0 Å². The Morgan fingerprint density at radius 3 is 2.32 bits per heavy atom. The lowest BCUT2D eigenvalue weighted by atomic mass is 10.0. The molecule has 1 rings (SSSR count). The molecule has 0 saturated carbocycles. The van der Waals surface area contributed by atoms with Crippen molar-refractivity contribution in [3.8, 4) is 0 Å². The maximum Gasteiger partial charge on any atom is 0.293 e. The van der Waals surface area contributed by atoms with Crippen LogP contribution in [0.4, 0.5) is 11.4 Å². The van der Waals surface area contributed by atoms with Crippen molar-refractivity contribution in [3.05, 3.63) is 28.3 Å². The second kappa shape index (κ2) is 9.12. The number of primary sulfonamides is 1. The molecule has 0 saturated heterocycles. The fraction of sp³-hybridized carbons (Fsp3) is 0.625. The van der Waals surface area contributed by atoms with Crippen LogP contribution in [0.2, 0.25) is 0 Å². The summed E-state index contributed by atoms with van der Waals surface area (Å²) in [5, 5.41) is 19.4. The van der Waals surface area contributed by atoms with E-state index in [-0.39, 0.29) is 16.6 Å². The minimum Gasteiger partial charge on any atom is -0.378 e. The highest BCUT2D eigenvalue weighted by atomic mass is 32.2. The van der Waals surface area contributed by atoms with Crippen LogP contribution in [0.1, 0.15) is 34.1 Å². The van der Waals surface area contributed by atoms with Gasteiger partial charge in [-0.15, -0.1) is 0 Å². The number of anilines is 1. The molecule has 0 fully saturated rings. The van der Waals surface area contributed by atoms with E-state index in [0.717, 1.165) is 25.6 Å². The number of sulfonamides is 1. The predicted molar refractivity (Wildman–Crippen MR) is 99.1 cm³/mol. The fourth-order valence-electron chi connectivity index (χ4n) is 2.86. The molecule has 0 aliphatic rings. The fourth-order valence-corrected chi connectivity index (χ4v) is 3.40. The van der Waals surface area contributed by atoms with Crippen molar-refractivity contribution in [2.24, 2.45) is 11.1 Å². The Morgan fingerprint density at radius 1 is 1.28 bits per heavy atom. The van der Waals surface area contributed by atoms with Crippen LogP contribution in [-0.2, 0) is 10.0 Å². The topological polar surface area (TPSA) is 119 Å². The van der Waals surface area contributed by atoms with Gasteiger partial charge >= 0.3 is 0 Å². The Morgan fingerprint density at radius 2 is 1.88 bits per heavy atom. The Bertz CT molecular complexity index is 687. The molecule has 1 aromatic carbocycles. The van der Waals surface area contributed by atoms with Crippen molar-refractivity contribution in [3.63, 3.8) is 0 Å². The van der Waals surface area contributed by atoms with Crippen LogP contribution in [0.15, 0.2) is 23.1 Å². The summed E-state index contributed by atoms with van der Waals surface area (Å²) in [7, 11) is -3.98. The van der Waals surface area contributed by atoms with Gasteiger partial charge in [-0.1, -0.05) is 27.7 Å². The third-order valence-electron chi connectivity index (χ3n) is 4.09. The van der Waals surface area contributed by atoms with E-state index < -0.39 is 14.9 Å². The first-order valence-electron chi connectivity index (χ1n) is 8.39. The van der Waals surface area contributed by atoms with Crippen molar-refractivity contribution in [1.82, 2.24) is 4.90 Å². The normalized spacial score (nSPS) is 13.2. The molecule has 1 atom stereocenters. The zero-order valence-electron chi connectivity index (χ0n) is 15.2. The van der Waals surface area contributed by atoms with Crippen LogP contribution in [-0.4, -0.2) is 43.9 Å². The molecule has 142 valence electrons. The summed E-state index contributed by atoms with van der Waals surface area (Å²) in [5.74, 6) is 0.493. The quantitative estimate of drug-likeness (QED) is 0.481. The molecular formula is C16H28N4O4S. The highest BCUT2D eigenvalue weighted by molar-refractivity contribution is 7.89. The molecule has 0 heterocycles. The van der Waals surface area contributed by atoms with Crippen LogP contribution < -0.4 is 10.5 Å². The van der Waals surface area contributed by atoms with Gasteiger partial charge in [-0.3, -0.25) is 15.0 Å². The van der Waals surface area contributed by atoms with Crippen LogP contribution in [0.25, 0.3) is 0 Å². The van der Waals surface area contributed by atoms with Crippen LogP contribution >= 0.6 is 0 Å². The Kier molecular flexibility index (Phi) is 7.78. The lowest BCUT2D eigenvalue weighted by Gasteiger charge is -2.31. The molecule has 0 amide bonds. The Labute approximate surface area is 149 Å². The molecule has 25 heavy (non-hydrogen) atoms. The number of hydrogen-bond donors (Lipinski definition) is 2. The largest absolute Gasteiger partial charge is 0.378 e. The average Bonchev–Trinajstić information content (AvgIpc) is 2.51. The number of rotatable bonds is 10. The maximum atomic E-state index is 11.4. The monoisotopic (exact) mass is 372 g/mol. The van der Waals surface area contributed by atoms with Gasteiger partial charge in [0.05, 0.1) is 9.82 Å². The molecular weight excluding hydrogens is 344 g/mol. The third kappa shape index (κ3) is 6.26. The number of nitro benzene ring substituents is 1. The summed E-state index contributed by atoms with van der Waals surface area (Å²) >= 11 is 0. The number of hydrogen-bond acceptors (Lipinski definition) is 6. The van der Waals surface area contributed by atoms with Crippen molar-refractivity contribution in [2.75, 3.05) is 25.0 Å². The van der Waals surface area contributed by atoms with E-state index >= 15 is 0 Å². The number of benzene rings is 1. The first-order chi connectivity index (χ1) is 11.6. The summed E-state index contributed by atoms with van der Waals surface area (Å²) in [6.45, 7) is 10.8. The minimum atomic E-state index is -3.98. The maximum absolute atomic E-state index is 11.4. The second-order valence-electron chi connectivity index (χ2n) is 6.37. The van der Waals surface area contributed by atoms with E-state index in [4.69, 9.17) is 5.14 Å². The summed E-state index contributed by atoms with van der Waals surface area (Å²) in [6.07, 6.45) is 0.956. The van der Waals surface area contributed by atoms with Gasteiger partial charge in [-0.25, -0.2) is 13.6 Å². The summed E-state index contributed by atoms with van der Waals surface area (Å²) < 4.78 is 22.8. The molecule has 0 radical (unpaired) electrons. The molecule has 0 unspecified atom stereocenters. The molecule has 3 N–H and O–H groups in total.